The van der Waals surface area contributed by atoms with Crippen molar-refractivity contribution < 1.29 is 24.3 Å². The van der Waals surface area contributed by atoms with E-state index in [0.29, 0.717) is 6.42 Å². The molecule has 0 unspecified atom stereocenters. The number of hydrogen-bond acceptors (Lipinski definition) is 4. The van der Waals surface area contributed by atoms with Crippen LogP contribution in [0.1, 0.15) is 38.8 Å². The van der Waals surface area contributed by atoms with Crippen LogP contribution in [-0.4, -0.2) is 64.3 Å². The zero-order valence-corrected chi connectivity index (χ0v) is 17.5. The lowest BCUT2D eigenvalue weighted by molar-refractivity contribution is -0.144. The summed E-state index contributed by atoms with van der Waals surface area (Å²) in [6.07, 6.45) is -0.0511. The van der Waals surface area contributed by atoms with Crippen LogP contribution in [0.4, 0.5) is 4.79 Å². The number of aldehydes is 1. The van der Waals surface area contributed by atoms with Crippen LogP contribution in [0.5, 0.6) is 0 Å². The van der Waals surface area contributed by atoms with Gasteiger partial charge in [0, 0.05) is 20.0 Å². The quantitative estimate of drug-likeness (QED) is 0.727. The molecular formula is C21H29N3O5. The molecule has 0 bridgehead atoms. The van der Waals surface area contributed by atoms with E-state index >= 15 is 0 Å². The summed E-state index contributed by atoms with van der Waals surface area (Å²) in [7, 11) is 1.30. The monoisotopic (exact) mass is 403 g/mol. The van der Waals surface area contributed by atoms with Crippen molar-refractivity contribution in [3.63, 3.8) is 0 Å². The van der Waals surface area contributed by atoms with Gasteiger partial charge in [-0.1, -0.05) is 45.0 Å². The van der Waals surface area contributed by atoms with Crippen molar-refractivity contribution in [1.82, 2.24) is 15.1 Å². The smallest absolute Gasteiger partial charge is 0.407 e. The molecule has 0 radical (unpaired) electrons. The molecule has 1 aliphatic heterocycles. The highest BCUT2D eigenvalue weighted by molar-refractivity contribution is 5.92. The summed E-state index contributed by atoms with van der Waals surface area (Å²) in [4.78, 5) is 51.2. The molecule has 1 heterocycles. The minimum Gasteiger partial charge on any atom is -0.465 e. The van der Waals surface area contributed by atoms with Crippen molar-refractivity contribution in [3.8, 4) is 0 Å². The fourth-order valence-electron chi connectivity index (χ4n) is 3.33. The Kier molecular flexibility index (Phi) is 6.66. The van der Waals surface area contributed by atoms with Crippen LogP contribution in [0.25, 0.3) is 0 Å². The van der Waals surface area contributed by atoms with E-state index in [4.69, 9.17) is 5.11 Å². The average Bonchev–Trinajstić information content (AvgIpc) is 2.67. The third kappa shape index (κ3) is 4.93. The number of carboxylic acid groups (broad SMARTS) is 1. The van der Waals surface area contributed by atoms with Gasteiger partial charge in [-0.3, -0.25) is 14.5 Å². The lowest BCUT2D eigenvalue weighted by Crippen LogP contribution is -2.60. The molecule has 1 aliphatic rings. The number of nitrogens with zero attached hydrogens (tertiary/aromatic N) is 2. The normalized spacial score (nSPS) is 18.2. The van der Waals surface area contributed by atoms with Crippen LogP contribution in [0.3, 0.4) is 0 Å². The first-order chi connectivity index (χ1) is 13.5. The molecule has 0 saturated carbocycles. The van der Waals surface area contributed by atoms with Crippen molar-refractivity contribution in [2.75, 3.05) is 7.05 Å². The van der Waals surface area contributed by atoms with E-state index < -0.39 is 35.5 Å². The van der Waals surface area contributed by atoms with Gasteiger partial charge >= 0.3 is 6.09 Å². The number of amides is 3. The first-order valence-electron chi connectivity index (χ1n) is 9.56. The fraction of sp³-hybridized carbons (Fsp3) is 0.524. The van der Waals surface area contributed by atoms with Crippen molar-refractivity contribution in [2.45, 2.75) is 58.8 Å². The topological polar surface area (TPSA) is 107 Å². The maximum Gasteiger partial charge on any atom is 0.407 e. The molecule has 0 saturated heterocycles. The predicted molar refractivity (Wildman–Crippen MR) is 107 cm³/mol. The highest BCUT2D eigenvalue weighted by Gasteiger charge is 2.40. The van der Waals surface area contributed by atoms with Gasteiger partial charge in [0.1, 0.15) is 18.4 Å². The predicted octanol–water partition coefficient (Wildman–Crippen LogP) is 1.67. The number of hydrogen-bond donors (Lipinski definition) is 2. The average molecular weight is 403 g/mol. The van der Waals surface area contributed by atoms with E-state index in [0.717, 1.165) is 22.3 Å². The van der Waals surface area contributed by atoms with Gasteiger partial charge in [0.2, 0.25) is 11.8 Å². The Hall–Kier alpha value is -2.90. The van der Waals surface area contributed by atoms with E-state index in [2.05, 4.69) is 5.32 Å². The molecule has 3 amide bonds. The highest BCUT2D eigenvalue weighted by Crippen LogP contribution is 2.27. The van der Waals surface area contributed by atoms with Crippen LogP contribution in [0.2, 0.25) is 0 Å². The van der Waals surface area contributed by atoms with Gasteiger partial charge in [-0.2, -0.15) is 0 Å². The lowest BCUT2D eigenvalue weighted by atomic mass is 9.84. The van der Waals surface area contributed by atoms with E-state index in [1.165, 1.54) is 18.9 Å². The highest BCUT2D eigenvalue weighted by atomic mass is 16.4. The summed E-state index contributed by atoms with van der Waals surface area (Å²) in [5, 5.41) is 11.8. The second-order valence-corrected chi connectivity index (χ2v) is 8.52. The molecule has 3 atom stereocenters. The Morgan fingerprint density at radius 3 is 2.34 bits per heavy atom. The fourth-order valence-corrected chi connectivity index (χ4v) is 3.33. The van der Waals surface area contributed by atoms with Gasteiger partial charge in [0.25, 0.3) is 0 Å². The van der Waals surface area contributed by atoms with Gasteiger partial charge in [-0.25, -0.2) is 4.79 Å². The molecule has 0 aliphatic carbocycles. The second-order valence-electron chi connectivity index (χ2n) is 8.52. The van der Waals surface area contributed by atoms with Crippen LogP contribution < -0.4 is 5.32 Å². The summed E-state index contributed by atoms with van der Waals surface area (Å²) in [6, 6.07) is 5.16. The third-order valence-electron chi connectivity index (χ3n) is 5.39. The van der Waals surface area contributed by atoms with Gasteiger partial charge in [0.15, 0.2) is 0 Å². The molecule has 2 rings (SSSR count). The maximum atomic E-state index is 13.4. The molecule has 0 fully saturated rings. The zero-order valence-electron chi connectivity index (χ0n) is 17.5. The van der Waals surface area contributed by atoms with E-state index in [1.807, 2.05) is 45.0 Å². The standard InChI is InChI=1S/C21H29N3O5/c1-13(23(5)20(28)29)18(26)22-17(21(2,3)4)19(27)24-11-15-9-7-6-8-14(15)10-16(24)12-25/h6-9,12-13,16-17H,10-11H2,1-5H3,(H,22,26)(H,28,29)/t13-,16-,17+/m0/s1. The molecule has 8 nitrogen and oxygen atoms in total. The van der Waals surface area contributed by atoms with E-state index in [-0.39, 0.29) is 12.5 Å². The number of likely N-dealkylation sites (N-methyl/N-ethyl adjacent to an activating group) is 1. The van der Waals surface area contributed by atoms with Gasteiger partial charge in [-0.15, -0.1) is 0 Å². The first-order valence-corrected chi connectivity index (χ1v) is 9.56. The molecule has 0 spiro atoms. The van der Waals surface area contributed by atoms with Gasteiger partial charge in [-0.05, 0) is 23.5 Å². The Bertz CT molecular complexity index is 802. The molecule has 2 N–H and O–H groups in total. The Balaban J connectivity index is 2.28. The largest absolute Gasteiger partial charge is 0.465 e. The summed E-state index contributed by atoms with van der Waals surface area (Å²) >= 11 is 0. The number of nitrogens with one attached hydrogen (secondary N) is 1. The number of fused-ring (bicyclic) bond motifs is 1. The zero-order chi connectivity index (χ0) is 21.9. The number of carbonyl (C=O) groups excluding carboxylic acids is 3. The molecule has 1 aromatic rings. The van der Waals surface area contributed by atoms with E-state index in [9.17, 15) is 19.2 Å². The number of carbonyl (C=O) groups is 4. The number of benzene rings is 1. The molecular weight excluding hydrogens is 374 g/mol. The van der Waals surface area contributed by atoms with Crippen LogP contribution in [-0.2, 0) is 27.3 Å². The van der Waals surface area contributed by atoms with Crippen LogP contribution >= 0.6 is 0 Å². The van der Waals surface area contributed by atoms with Crippen LogP contribution in [0.15, 0.2) is 24.3 Å². The molecule has 158 valence electrons. The maximum absolute atomic E-state index is 13.4. The Morgan fingerprint density at radius 2 is 1.83 bits per heavy atom. The van der Waals surface area contributed by atoms with Gasteiger partial charge in [0.05, 0.1) is 6.04 Å². The van der Waals surface area contributed by atoms with Crippen LogP contribution in [0, 0.1) is 5.41 Å². The van der Waals surface area contributed by atoms with Gasteiger partial charge < -0.3 is 20.1 Å². The minimum atomic E-state index is -1.24. The number of rotatable bonds is 5. The molecule has 1 aromatic carbocycles. The van der Waals surface area contributed by atoms with Crippen molar-refractivity contribution >= 4 is 24.2 Å². The Morgan fingerprint density at radius 1 is 1.24 bits per heavy atom. The summed E-state index contributed by atoms with van der Waals surface area (Å²) in [5.41, 5.74) is 1.36. The summed E-state index contributed by atoms with van der Waals surface area (Å²) < 4.78 is 0. The van der Waals surface area contributed by atoms with Crippen molar-refractivity contribution in [3.05, 3.63) is 35.4 Å². The third-order valence-corrected chi connectivity index (χ3v) is 5.39. The SMILES string of the molecule is C[C@@H](C(=O)N[C@H](C(=O)N1Cc2ccccc2C[C@H]1C=O)C(C)(C)C)N(C)C(=O)O. The second kappa shape index (κ2) is 8.63. The minimum absolute atomic E-state index is 0.283. The first kappa shape index (κ1) is 22.4. The van der Waals surface area contributed by atoms with Crippen molar-refractivity contribution in [1.29, 1.82) is 0 Å². The molecule has 8 heteroatoms. The Labute approximate surface area is 170 Å². The van der Waals surface area contributed by atoms with Crippen molar-refractivity contribution in [2.24, 2.45) is 5.41 Å². The summed E-state index contributed by atoms with van der Waals surface area (Å²) in [6.45, 7) is 7.18. The lowest BCUT2D eigenvalue weighted by Gasteiger charge is -2.40. The van der Waals surface area contributed by atoms with E-state index in [1.54, 1.807) is 0 Å². The molecule has 0 aromatic heterocycles. The summed E-state index contributed by atoms with van der Waals surface area (Å²) in [5.74, 6) is -0.925. The molecule has 29 heavy (non-hydrogen) atoms.